The fourth-order valence-electron chi connectivity index (χ4n) is 3.32. The van der Waals surface area contributed by atoms with Crippen LogP contribution in [-0.2, 0) is 14.4 Å². The number of carbonyl (C=O) groups excluding carboxylic acids is 2. The van der Waals surface area contributed by atoms with Gasteiger partial charge in [-0.25, -0.2) is 4.79 Å². The largest absolute Gasteiger partial charge is 0.480 e. The van der Waals surface area contributed by atoms with E-state index in [9.17, 15) is 19.5 Å². The molecule has 0 aromatic heterocycles. The van der Waals surface area contributed by atoms with Gasteiger partial charge in [-0.05, 0) is 18.8 Å². The number of likely N-dealkylation sites (tertiary alicyclic amines) is 1. The average molecular weight is 299 g/mol. The van der Waals surface area contributed by atoms with Crippen molar-refractivity contribution in [1.82, 2.24) is 4.90 Å². The summed E-state index contributed by atoms with van der Waals surface area (Å²) in [6.07, 6.45) is 5.28. The Morgan fingerprint density at radius 2 is 1.95 bits per heavy atom. The minimum atomic E-state index is -0.904. The summed E-state index contributed by atoms with van der Waals surface area (Å²) in [5.41, 5.74) is 0. The van der Waals surface area contributed by atoms with Crippen LogP contribution in [0.2, 0.25) is 0 Å². The van der Waals surface area contributed by atoms with E-state index in [0.29, 0.717) is 6.54 Å². The molecule has 2 aliphatic rings. The molecule has 1 N–H and O–H groups in total. The number of rotatable bonds is 4. The van der Waals surface area contributed by atoms with Gasteiger partial charge in [-0.15, -0.1) is 0 Å². The monoisotopic (exact) mass is 299 g/mol. The van der Waals surface area contributed by atoms with Gasteiger partial charge in [0.15, 0.2) is 5.12 Å². The molecule has 1 amide bonds. The second-order valence-electron chi connectivity index (χ2n) is 5.66. The molecule has 1 heterocycles. The Kier molecular flexibility index (Phi) is 5.07. The zero-order valence-electron chi connectivity index (χ0n) is 11.7. The van der Waals surface area contributed by atoms with Crippen LogP contribution in [0.4, 0.5) is 0 Å². The zero-order chi connectivity index (χ0) is 14.7. The summed E-state index contributed by atoms with van der Waals surface area (Å²) in [4.78, 5) is 36.3. The number of hydrogen-bond acceptors (Lipinski definition) is 4. The van der Waals surface area contributed by atoms with Gasteiger partial charge in [0.1, 0.15) is 6.04 Å². The molecule has 0 aromatic rings. The molecule has 20 heavy (non-hydrogen) atoms. The summed E-state index contributed by atoms with van der Waals surface area (Å²) in [7, 11) is 0. The van der Waals surface area contributed by atoms with Crippen molar-refractivity contribution in [3.05, 3.63) is 0 Å². The quantitative estimate of drug-likeness (QED) is 0.858. The second-order valence-corrected chi connectivity index (χ2v) is 7.14. The minimum absolute atomic E-state index is 0.0193. The number of carbonyl (C=O) groups is 3. The Morgan fingerprint density at radius 3 is 2.50 bits per heavy atom. The van der Waals surface area contributed by atoms with Gasteiger partial charge < -0.3 is 10.0 Å². The molecule has 0 spiro atoms. The minimum Gasteiger partial charge on any atom is -0.480 e. The van der Waals surface area contributed by atoms with E-state index in [1.165, 1.54) is 11.8 Å². The zero-order valence-corrected chi connectivity index (χ0v) is 12.5. The number of carboxylic acid groups (broad SMARTS) is 1. The predicted octanol–water partition coefficient (Wildman–Crippen LogP) is 1.90. The van der Waals surface area contributed by atoms with E-state index < -0.39 is 12.0 Å². The van der Waals surface area contributed by atoms with E-state index in [1.807, 2.05) is 0 Å². The lowest BCUT2D eigenvalue weighted by atomic mass is 9.83. The molecule has 2 rings (SSSR count). The highest BCUT2D eigenvalue weighted by atomic mass is 32.2. The van der Waals surface area contributed by atoms with Gasteiger partial charge in [-0.1, -0.05) is 31.0 Å². The standard InChI is InChI=1S/C14H21NO4S/c1-9(16)20-11-7-12(17)15(8-11)13(14(18)19)10-5-3-2-4-6-10/h10-11,13H,2-8H2,1H3,(H,18,19). The third kappa shape index (κ3) is 3.53. The molecular formula is C14H21NO4S. The Morgan fingerprint density at radius 1 is 1.30 bits per heavy atom. The van der Waals surface area contributed by atoms with E-state index in [0.717, 1.165) is 43.9 Å². The molecule has 112 valence electrons. The first-order chi connectivity index (χ1) is 9.49. The normalized spacial score (nSPS) is 25.8. The van der Waals surface area contributed by atoms with Crippen molar-refractivity contribution in [1.29, 1.82) is 0 Å². The number of aliphatic carboxylic acids is 1. The highest BCUT2D eigenvalue weighted by Gasteiger charge is 2.42. The van der Waals surface area contributed by atoms with Gasteiger partial charge in [-0.2, -0.15) is 0 Å². The van der Waals surface area contributed by atoms with E-state index in [2.05, 4.69) is 0 Å². The van der Waals surface area contributed by atoms with Crippen molar-refractivity contribution in [2.24, 2.45) is 5.92 Å². The maximum Gasteiger partial charge on any atom is 0.326 e. The van der Waals surface area contributed by atoms with Gasteiger partial charge >= 0.3 is 5.97 Å². The van der Waals surface area contributed by atoms with Gasteiger partial charge in [0.05, 0.1) is 0 Å². The molecule has 2 atom stereocenters. The average Bonchev–Trinajstić information content (AvgIpc) is 2.70. The first-order valence-electron chi connectivity index (χ1n) is 7.18. The third-order valence-electron chi connectivity index (χ3n) is 4.14. The molecule has 0 bridgehead atoms. The van der Waals surface area contributed by atoms with E-state index in [1.54, 1.807) is 0 Å². The number of hydrogen-bond donors (Lipinski definition) is 1. The Labute approximate surface area is 123 Å². The molecule has 1 aliphatic heterocycles. The van der Waals surface area contributed by atoms with Gasteiger partial charge in [0.25, 0.3) is 0 Å². The van der Waals surface area contributed by atoms with E-state index in [4.69, 9.17) is 0 Å². The lowest BCUT2D eigenvalue weighted by Crippen LogP contribution is -2.47. The van der Waals surface area contributed by atoms with Crippen LogP contribution < -0.4 is 0 Å². The number of carboxylic acids is 1. The molecule has 6 heteroatoms. The van der Waals surface area contributed by atoms with Crippen LogP contribution in [0.5, 0.6) is 0 Å². The van der Waals surface area contributed by atoms with Crippen molar-refractivity contribution >= 4 is 28.8 Å². The third-order valence-corrected chi connectivity index (χ3v) is 5.12. The van der Waals surface area contributed by atoms with E-state index >= 15 is 0 Å². The Hall–Kier alpha value is -1.04. The highest BCUT2D eigenvalue weighted by Crippen LogP contribution is 2.33. The summed E-state index contributed by atoms with van der Waals surface area (Å²) in [6, 6.07) is -0.708. The fraction of sp³-hybridized carbons (Fsp3) is 0.786. The molecule has 0 aromatic carbocycles. The van der Waals surface area contributed by atoms with Gasteiger partial charge in [-0.3, -0.25) is 9.59 Å². The summed E-state index contributed by atoms with van der Waals surface area (Å²) in [6.45, 7) is 1.87. The van der Waals surface area contributed by atoms with E-state index in [-0.39, 0.29) is 28.6 Å². The molecule has 2 unspecified atom stereocenters. The molecule has 2 fully saturated rings. The number of thioether (sulfide) groups is 1. The van der Waals surface area contributed by atoms with Crippen LogP contribution in [0.25, 0.3) is 0 Å². The van der Waals surface area contributed by atoms with Crippen molar-refractivity contribution < 1.29 is 19.5 Å². The van der Waals surface area contributed by atoms with Crippen LogP contribution in [0.15, 0.2) is 0 Å². The van der Waals surface area contributed by atoms with Crippen molar-refractivity contribution in [3.63, 3.8) is 0 Å². The Balaban J connectivity index is 2.07. The lowest BCUT2D eigenvalue weighted by molar-refractivity contribution is -0.151. The second kappa shape index (κ2) is 6.61. The van der Waals surface area contributed by atoms with Crippen LogP contribution in [0, 0.1) is 5.92 Å². The van der Waals surface area contributed by atoms with Gasteiger partial charge in [0, 0.05) is 25.1 Å². The molecule has 1 aliphatic carbocycles. The topological polar surface area (TPSA) is 74.7 Å². The van der Waals surface area contributed by atoms with Crippen LogP contribution >= 0.6 is 11.8 Å². The molecule has 0 radical (unpaired) electrons. The van der Waals surface area contributed by atoms with Crippen molar-refractivity contribution in [3.8, 4) is 0 Å². The molecule has 1 saturated carbocycles. The summed E-state index contributed by atoms with van der Waals surface area (Å²) in [5.74, 6) is -0.966. The maximum absolute atomic E-state index is 12.1. The molecule has 5 nitrogen and oxygen atoms in total. The number of amides is 1. The summed E-state index contributed by atoms with van der Waals surface area (Å²) in [5, 5.41) is 9.39. The van der Waals surface area contributed by atoms with Crippen LogP contribution in [-0.4, -0.2) is 44.8 Å². The van der Waals surface area contributed by atoms with Crippen molar-refractivity contribution in [2.45, 2.75) is 56.7 Å². The lowest BCUT2D eigenvalue weighted by Gasteiger charge is -2.33. The van der Waals surface area contributed by atoms with Crippen LogP contribution in [0.1, 0.15) is 45.4 Å². The first kappa shape index (κ1) is 15.4. The summed E-state index contributed by atoms with van der Waals surface area (Å²) >= 11 is 1.15. The first-order valence-corrected chi connectivity index (χ1v) is 8.06. The molecule has 1 saturated heterocycles. The molecular weight excluding hydrogens is 278 g/mol. The van der Waals surface area contributed by atoms with Crippen molar-refractivity contribution in [2.75, 3.05) is 6.54 Å². The van der Waals surface area contributed by atoms with Crippen LogP contribution in [0.3, 0.4) is 0 Å². The fourth-order valence-corrected chi connectivity index (χ4v) is 4.25. The highest BCUT2D eigenvalue weighted by molar-refractivity contribution is 8.14. The SMILES string of the molecule is CC(=O)SC1CC(=O)N(C(C(=O)O)C2CCCCC2)C1. The smallest absolute Gasteiger partial charge is 0.326 e. The predicted molar refractivity (Wildman–Crippen MR) is 76.4 cm³/mol. The Bertz CT molecular complexity index is 406. The van der Waals surface area contributed by atoms with Gasteiger partial charge in [0.2, 0.25) is 5.91 Å². The number of nitrogens with zero attached hydrogens (tertiary/aromatic N) is 1. The maximum atomic E-state index is 12.1. The summed E-state index contributed by atoms with van der Waals surface area (Å²) < 4.78 is 0.